The zero-order chi connectivity index (χ0) is 48.6. The lowest BCUT2D eigenvalue weighted by atomic mass is 10.0. The first-order valence-corrected chi connectivity index (χ1v) is 29.8. The van der Waals surface area contributed by atoms with Crippen molar-refractivity contribution in [3.05, 3.63) is 24.3 Å². The van der Waals surface area contributed by atoms with Crippen molar-refractivity contribution in [2.75, 3.05) is 13.2 Å². The van der Waals surface area contributed by atoms with Gasteiger partial charge in [-0.3, -0.25) is 14.4 Å². The summed E-state index contributed by atoms with van der Waals surface area (Å²) in [6, 6.07) is 0. The van der Waals surface area contributed by atoms with Gasteiger partial charge in [-0.1, -0.05) is 276 Å². The number of carbonyl (C=O) groups is 3. The molecule has 6 heteroatoms. The van der Waals surface area contributed by atoms with E-state index in [0.717, 1.165) is 89.9 Å². The average Bonchev–Trinajstić information content (AvgIpc) is 3.33. The van der Waals surface area contributed by atoms with Gasteiger partial charge in [0.25, 0.3) is 0 Å². The summed E-state index contributed by atoms with van der Waals surface area (Å²) in [6.45, 7) is 6.54. The molecule has 0 saturated carbocycles. The van der Waals surface area contributed by atoms with Crippen LogP contribution < -0.4 is 0 Å². The summed E-state index contributed by atoms with van der Waals surface area (Å²) in [5.41, 5.74) is 0. The minimum Gasteiger partial charge on any atom is -0.462 e. The van der Waals surface area contributed by atoms with E-state index in [9.17, 15) is 14.4 Å². The lowest BCUT2D eigenvalue weighted by molar-refractivity contribution is -0.167. The summed E-state index contributed by atoms with van der Waals surface area (Å²) in [7, 11) is 0. The smallest absolute Gasteiger partial charge is 0.306 e. The van der Waals surface area contributed by atoms with E-state index in [1.165, 1.54) is 199 Å². The standard InChI is InChI=1S/C61H114O6/c1-4-7-10-13-16-19-22-23-24-25-26-27-28-29-30-31-32-33-34-35-36-37-38-39-40-43-45-48-51-54-60(63)66-57-58(67-61(64)55-52-49-46-42-21-18-15-12-9-6-3)56-65-59(62)53-50-47-44-41-20-17-14-11-8-5-2/h11-12,14-15,58H,4-10,13,16-57H2,1-3H3/b14-11-,15-12-. The minimum atomic E-state index is -0.774. The number of esters is 3. The number of carbonyl (C=O) groups excluding carboxylic acids is 3. The van der Waals surface area contributed by atoms with Crippen molar-refractivity contribution < 1.29 is 28.6 Å². The summed E-state index contributed by atoms with van der Waals surface area (Å²) in [6.07, 6.45) is 66.5. The van der Waals surface area contributed by atoms with Crippen LogP contribution in [0.25, 0.3) is 0 Å². The molecule has 0 bridgehead atoms. The van der Waals surface area contributed by atoms with E-state index >= 15 is 0 Å². The molecule has 1 unspecified atom stereocenters. The van der Waals surface area contributed by atoms with Crippen LogP contribution in [0.4, 0.5) is 0 Å². The van der Waals surface area contributed by atoms with Crippen LogP contribution in [0.1, 0.15) is 329 Å². The molecular weight excluding hydrogens is 829 g/mol. The first-order chi connectivity index (χ1) is 33.0. The highest BCUT2D eigenvalue weighted by atomic mass is 16.6. The van der Waals surface area contributed by atoms with E-state index < -0.39 is 6.10 Å². The van der Waals surface area contributed by atoms with E-state index in [-0.39, 0.29) is 31.1 Å². The Labute approximate surface area is 417 Å². The molecule has 0 spiro atoms. The first-order valence-electron chi connectivity index (χ1n) is 29.8. The van der Waals surface area contributed by atoms with Crippen LogP contribution >= 0.6 is 0 Å². The van der Waals surface area contributed by atoms with Gasteiger partial charge in [-0.2, -0.15) is 0 Å². The van der Waals surface area contributed by atoms with Gasteiger partial charge in [0.15, 0.2) is 6.10 Å². The lowest BCUT2D eigenvalue weighted by Crippen LogP contribution is -2.30. The predicted molar refractivity (Wildman–Crippen MR) is 289 cm³/mol. The molecule has 0 fully saturated rings. The zero-order valence-electron chi connectivity index (χ0n) is 45.2. The second kappa shape index (κ2) is 56.5. The van der Waals surface area contributed by atoms with Gasteiger partial charge < -0.3 is 14.2 Å². The van der Waals surface area contributed by atoms with Gasteiger partial charge in [0, 0.05) is 19.3 Å². The number of allylic oxidation sites excluding steroid dienone is 4. The Hall–Kier alpha value is -2.11. The highest BCUT2D eigenvalue weighted by Gasteiger charge is 2.19. The largest absolute Gasteiger partial charge is 0.462 e. The third-order valence-corrected chi connectivity index (χ3v) is 13.4. The molecule has 0 rings (SSSR count). The molecule has 0 aromatic heterocycles. The second-order valence-corrected chi connectivity index (χ2v) is 20.3. The Balaban J connectivity index is 3.99. The topological polar surface area (TPSA) is 78.9 Å². The molecule has 0 aliphatic carbocycles. The Bertz CT molecular complexity index is 1080. The van der Waals surface area contributed by atoms with Crippen molar-refractivity contribution >= 4 is 17.9 Å². The van der Waals surface area contributed by atoms with Gasteiger partial charge in [-0.15, -0.1) is 0 Å². The maximum atomic E-state index is 12.7. The molecule has 6 nitrogen and oxygen atoms in total. The van der Waals surface area contributed by atoms with E-state index in [1.807, 2.05) is 0 Å². The molecule has 1 atom stereocenters. The quantitative estimate of drug-likeness (QED) is 0.0262. The van der Waals surface area contributed by atoms with Crippen molar-refractivity contribution in [3.8, 4) is 0 Å². The van der Waals surface area contributed by atoms with E-state index in [4.69, 9.17) is 14.2 Å². The molecule has 0 N–H and O–H groups in total. The fourth-order valence-corrected chi connectivity index (χ4v) is 8.92. The molecule has 0 aromatic rings. The third kappa shape index (κ3) is 54.7. The van der Waals surface area contributed by atoms with Gasteiger partial charge in [0.05, 0.1) is 0 Å². The number of unbranched alkanes of at least 4 members (excludes halogenated alkanes) is 40. The molecule has 0 aliphatic rings. The van der Waals surface area contributed by atoms with Crippen LogP contribution in [0.5, 0.6) is 0 Å². The Morgan fingerprint density at radius 2 is 0.522 bits per heavy atom. The van der Waals surface area contributed by atoms with Crippen LogP contribution in [0.3, 0.4) is 0 Å². The van der Waals surface area contributed by atoms with Crippen LogP contribution in [0, 0.1) is 0 Å². The molecule has 0 aliphatic heterocycles. The molecular formula is C61H114O6. The van der Waals surface area contributed by atoms with E-state index in [1.54, 1.807) is 0 Å². The fraction of sp³-hybridized carbons (Fsp3) is 0.885. The SMILES string of the molecule is CCC/C=C\CCCCCCCC(=O)OCC(COC(=O)CCCCCCCCCCCCCCCCCCCCCCCCCCCCCCC)OC(=O)CCCCCCC/C=C\CCC. The van der Waals surface area contributed by atoms with Crippen molar-refractivity contribution in [2.45, 2.75) is 335 Å². The van der Waals surface area contributed by atoms with Crippen LogP contribution in [-0.2, 0) is 28.6 Å². The number of rotatable bonds is 55. The van der Waals surface area contributed by atoms with Crippen molar-refractivity contribution in [1.82, 2.24) is 0 Å². The van der Waals surface area contributed by atoms with Gasteiger partial charge in [0.2, 0.25) is 0 Å². The molecule has 67 heavy (non-hydrogen) atoms. The van der Waals surface area contributed by atoms with E-state index in [0.29, 0.717) is 19.3 Å². The van der Waals surface area contributed by atoms with Crippen molar-refractivity contribution in [3.63, 3.8) is 0 Å². The molecule has 0 aromatic carbocycles. The Morgan fingerprint density at radius 1 is 0.284 bits per heavy atom. The molecule has 394 valence electrons. The first kappa shape index (κ1) is 64.9. The van der Waals surface area contributed by atoms with Gasteiger partial charge >= 0.3 is 17.9 Å². The lowest BCUT2D eigenvalue weighted by Gasteiger charge is -2.18. The Kier molecular flexibility index (Phi) is 54.7. The number of hydrogen-bond donors (Lipinski definition) is 0. The summed E-state index contributed by atoms with van der Waals surface area (Å²) in [5.74, 6) is -0.881. The van der Waals surface area contributed by atoms with Crippen molar-refractivity contribution in [1.29, 1.82) is 0 Å². The average molecular weight is 944 g/mol. The van der Waals surface area contributed by atoms with Gasteiger partial charge in [0.1, 0.15) is 13.2 Å². The summed E-state index contributed by atoms with van der Waals surface area (Å²) in [5, 5.41) is 0. The van der Waals surface area contributed by atoms with Crippen LogP contribution in [-0.4, -0.2) is 37.2 Å². The van der Waals surface area contributed by atoms with Gasteiger partial charge in [-0.05, 0) is 57.8 Å². The fourth-order valence-electron chi connectivity index (χ4n) is 8.92. The Morgan fingerprint density at radius 3 is 0.806 bits per heavy atom. The minimum absolute atomic E-state index is 0.0737. The highest BCUT2D eigenvalue weighted by Crippen LogP contribution is 2.18. The number of hydrogen-bond acceptors (Lipinski definition) is 6. The van der Waals surface area contributed by atoms with Crippen LogP contribution in [0.15, 0.2) is 24.3 Å². The zero-order valence-corrected chi connectivity index (χ0v) is 45.2. The van der Waals surface area contributed by atoms with Crippen molar-refractivity contribution in [2.24, 2.45) is 0 Å². The third-order valence-electron chi connectivity index (χ3n) is 13.4. The maximum Gasteiger partial charge on any atom is 0.306 e. The summed E-state index contributed by atoms with van der Waals surface area (Å²) < 4.78 is 16.8. The molecule has 0 saturated heterocycles. The maximum absolute atomic E-state index is 12.7. The molecule has 0 radical (unpaired) electrons. The van der Waals surface area contributed by atoms with E-state index in [2.05, 4.69) is 45.1 Å². The number of ether oxygens (including phenoxy) is 3. The van der Waals surface area contributed by atoms with Gasteiger partial charge in [-0.25, -0.2) is 0 Å². The monoisotopic (exact) mass is 943 g/mol. The highest BCUT2D eigenvalue weighted by molar-refractivity contribution is 5.71. The summed E-state index contributed by atoms with van der Waals surface area (Å²) in [4.78, 5) is 37.9. The summed E-state index contributed by atoms with van der Waals surface area (Å²) >= 11 is 0. The normalized spacial score (nSPS) is 12.1. The van der Waals surface area contributed by atoms with Crippen LogP contribution in [0.2, 0.25) is 0 Å². The molecule has 0 heterocycles. The second-order valence-electron chi connectivity index (χ2n) is 20.3. The predicted octanol–water partition coefficient (Wildman–Crippen LogP) is 19.9. The molecule has 0 amide bonds.